The first-order valence-corrected chi connectivity index (χ1v) is 6.85. The second-order valence-electron chi connectivity index (χ2n) is 4.10. The van der Waals surface area contributed by atoms with Crippen LogP contribution in [0.1, 0.15) is 15.9 Å². The van der Waals surface area contributed by atoms with Gasteiger partial charge in [0.15, 0.2) is 0 Å². The molecular formula is C14H10BrClFNO2. The maximum absolute atomic E-state index is 13.5. The van der Waals surface area contributed by atoms with Gasteiger partial charge in [0.25, 0.3) is 0 Å². The zero-order valence-corrected chi connectivity index (χ0v) is 12.5. The molecule has 0 saturated heterocycles. The highest BCUT2D eigenvalue weighted by molar-refractivity contribution is 9.10. The largest absolute Gasteiger partial charge is 0.478 e. The van der Waals surface area contributed by atoms with E-state index in [1.165, 1.54) is 12.1 Å². The number of benzene rings is 2. The van der Waals surface area contributed by atoms with Crippen LogP contribution >= 0.6 is 27.5 Å². The Morgan fingerprint density at radius 2 is 2.05 bits per heavy atom. The first-order chi connectivity index (χ1) is 9.47. The Bertz CT molecular complexity index is 664. The normalized spacial score (nSPS) is 10.3. The van der Waals surface area contributed by atoms with Crippen LogP contribution in [0.5, 0.6) is 0 Å². The molecule has 0 saturated carbocycles. The number of rotatable bonds is 4. The summed E-state index contributed by atoms with van der Waals surface area (Å²) in [6.45, 7) is 0.357. The predicted molar refractivity (Wildman–Crippen MR) is 79.8 cm³/mol. The molecule has 0 radical (unpaired) electrons. The fourth-order valence-corrected chi connectivity index (χ4v) is 2.23. The first kappa shape index (κ1) is 14.8. The van der Waals surface area contributed by atoms with E-state index in [4.69, 9.17) is 16.7 Å². The third kappa shape index (κ3) is 3.49. The molecule has 104 valence electrons. The Labute approximate surface area is 128 Å². The van der Waals surface area contributed by atoms with Crippen molar-refractivity contribution in [2.24, 2.45) is 0 Å². The van der Waals surface area contributed by atoms with E-state index < -0.39 is 11.8 Å². The zero-order chi connectivity index (χ0) is 14.7. The van der Waals surface area contributed by atoms with Gasteiger partial charge in [-0.2, -0.15) is 0 Å². The second-order valence-corrected chi connectivity index (χ2v) is 5.39. The minimum absolute atomic E-state index is 0.335. The summed E-state index contributed by atoms with van der Waals surface area (Å²) in [5.74, 6) is -2.03. The molecule has 0 aliphatic carbocycles. The van der Waals surface area contributed by atoms with Crippen molar-refractivity contribution < 1.29 is 14.3 Å². The first-order valence-electron chi connectivity index (χ1n) is 5.68. The molecule has 2 aromatic carbocycles. The molecule has 2 rings (SSSR count). The molecule has 2 N–H and O–H groups in total. The van der Waals surface area contributed by atoms with Crippen LogP contribution in [0.15, 0.2) is 40.9 Å². The minimum Gasteiger partial charge on any atom is -0.478 e. The van der Waals surface area contributed by atoms with Crippen LogP contribution in [0.2, 0.25) is 5.02 Å². The Balaban J connectivity index is 2.13. The number of halogens is 3. The molecule has 0 spiro atoms. The van der Waals surface area contributed by atoms with Crippen molar-refractivity contribution in [1.82, 2.24) is 0 Å². The van der Waals surface area contributed by atoms with Crippen LogP contribution < -0.4 is 5.32 Å². The van der Waals surface area contributed by atoms with Gasteiger partial charge in [-0.1, -0.05) is 17.7 Å². The van der Waals surface area contributed by atoms with Crippen molar-refractivity contribution in [3.63, 3.8) is 0 Å². The summed E-state index contributed by atoms with van der Waals surface area (Å²) in [6, 6.07) is 9.32. The average Bonchev–Trinajstić information content (AvgIpc) is 2.39. The van der Waals surface area contributed by atoms with Gasteiger partial charge in [0.2, 0.25) is 0 Å². The van der Waals surface area contributed by atoms with Crippen LogP contribution in [-0.2, 0) is 6.54 Å². The number of aromatic carboxylic acids is 1. The van der Waals surface area contributed by atoms with Gasteiger partial charge < -0.3 is 10.4 Å². The summed E-state index contributed by atoms with van der Waals surface area (Å²) in [5, 5.41) is 12.4. The number of hydrogen-bond acceptors (Lipinski definition) is 2. The van der Waals surface area contributed by atoms with Crippen LogP contribution in [-0.4, -0.2) is 11.1 Å². The van der Waals surface area contributed by atoms with Crippen LogP contribution in [0.3, 0.4) is 0 Å². The maximum atomic E-state index is 13.5. The van der Waals surface area contributed by atoms with Gasteiger partial charge in [-0.15, -0.1) is 0 Å². The van der Waals surface area contributed by atoms with Crippen molar-refractivity contribution in [2.45, 2.75) is 6.54 Å². The van der Waals surface area contributed by atoms with E-state index in [1.807, 2.05) is 0 Å². The number of anilines is 1. The number of carbonyl (C=O) groups is 1. The summed E-state index contributed by atoms with van der Waals surface area (Å²) in [4.78, 5) is 10.7. The molecule has 20 heavy (non-hydrogen) atoms. The fraction of sp³-hybridized carbons (Fsp3) is 0.0714. The minimum atomic E-state index is -1.28. The molecule has 0 bridgehead atoms. The average molecular weight is 359 g/mol. The maximum Gasteiger partial charge on any atom is 0.338 e. The number of hydrogen-bond donors (Lipinski definition) is 2. The second kappa shape index (κ2) is 6.24. The van der Waals surface area contributed by atoms with Gasteiger partial charge in [-0.25, -0.2) is 9.18 Å². The summed E-state index contributed by atoms with van der Waals surface area (Å²) < 4.78 is 14.4. The predicted octanol–water partition coefficient (Wildman–Crippen LogP) is 4.55. The van der Waals surface area contributed by atoms with Crippen molar-refractivity contribution >= 4 is 39.2 Å². The molecule has 0 aliphatic rings. The van der Waals surface area contributed by atoms with Gasteiger partial charge in [-0.3, -0.25) is 0 Å². The number of carboxylic acids is 1. The standard InChI is InChI=1S/C14H10BrClFNO2/c15-11-4-2-9(16)6-13(11)18-7-8-1-3-10(14(19)20)12(17)5-8/h1-6,18H,7H2,(H,19,20). The molecule has 3 nitrogen and oxygen atoms in total. The van der Waals surface area contributed by atoms with E-state index >= 15 is 0 Å². The van der Waals surface area contributed by atoms with Crippen LogP contribution in [0, 0.1) is 5.82 Å². The van der Waals surface area contributed by atoms with Crippen molar-refractivity contribution in [3.05, 3.63) is 62.8 Å². The SMILES string of the molecule is O=C(O)c1ccc(CNc2cc(Cl)ccc2Br)cc1F. The van der Waals surface area contributed by atoms with E-state index in [0.29, 0.717) is 17.1 Å². The quantitative estimate of drug-likeness (QED) is 0.843. The van der Waals surface area contributed by atoms with Crippen LogP contribution in [0.4, 0.5) is 10.1 Å². The summed E-state index contributed by atoms with van der Waals surface area (Å²) >= 11 is 9.27. The molecule has 0 heterocycles. The third-order valence-corrected chi connectivity index (χ3v) is 3.60. The lowest BCUT2D eigenvalue weighted by Gasteiger charge is -2.09. The van der Waals surface area contributed by atoms with Gasteiger partial charge in [0.1, 0.15) is 5.82 Å². The molecule has 0 atom stereocenters. The van der Waals surface area contributed by atoms with Gasteiger partial charge in [0.05, 0.1) is 11.3 Å². The molecule has 6 heteroatoms. The van der Waals surface area contributed by atoms with Crippen molar-refractivity contribution in [3.8, 4) is 0 Å². The Kier molecular flexibility index (Phi) is 4.62. The lowest BCUT2D eigenvalue weighted by Crippen LogP contribution is -2.04. The number of carboxylic acid groups (broad SMARTS) is 1. The lowest BCUT2D eigenvalue weighted by molar-refractivity contribution is 0.0692. The molecular weight excluding hydrogens is 349 g/mol. The molecule has 0 amide bonds. The highest BCUT2D eigenvalue weighted by atomic mass is 79.9. The topological polar surface area (TPSA) is 49.3 Å². The zero-order valence-electron chi connectivity index (χ0n) is 10.2. The third-order valence-electron chi connectivity index (χ3n) is 2.68. The van der Waals surface area contributed by atoms with E-state index in [0.717, 1.165) is 10.2 Å². The van der Waals surface area contributed by atoms with E-state index in [9.17, 15) is 9.18 Å². The lowest BCUT2D eigenvalue weighted by atomic mass is 10.1. The summed E-state index contributed by atoms with van der Waals surface area (Å²) in [5.41, 5.74) is 1.08. The summed E-state index contributed by atoms with van der Waals surface area (Å²) in [6.07, 6.45) is 0. The summed E-state index contributed by atoms with van der Waals surface area (Å²) in [7, 11) is 0. The van der Waals surface area contributed by atoms with E-state index in [2.05, 4.69) is 21.2 Å². The van der Waals surface area contributed by atoms with Gasteiger partial charge >= 0.3 is 5.97 Å². The Morgan fingerprint density at radius 3 is 2.70 bits per heavy atom. The van der Waals surface area contributed by atoms with Crippen LogP contribution in [0.25, 0.3) is 0 Å². The van der Waals surface area contributed by atoms with E-state index in [-0.39, 0.29) is 5.56 Å². The van der Waals surface area contributed by atoms with Crippen molar-refractivity contribution in [2.75, 3.05) is 5.32 Å². The highest BCUT2D eigenvalue weighted by Crippen LogP contribution is 2.26. The molecule has 0 aromatic heterocycles. The monoisotopic (exact) mass is 357 g/mol. The Morgan fingerprint density at radius 1 is 1.30 bits per heavy atom. The van der Waals surface area contributed by atoms with E-state index in [1.54, 1.807) is 24.3 Å². The fourth-order valence-electron chi connectivity index (χ4n) is 1.67. The van der Waals surface area contributed by atoms with Gasteiger partial charge in [0, 0.05) is 16.0 Å². The highest BCUT2D eigenvalue weighted by Gasteiger charge is 2.10. The van der Waals surface area contributed by atoms with Crippen molar-refractivity contribution in [1.29, 1.82) is 0 Å². The molecule has 2 aromatic rings. The Hall–Kier alpha value is -1.59. The molecule has 0 unspecified atom stereocenters. The van der Waals surface area contributed by atoms with Gasteiger partial charge in [-0.05, 0) is 51.8 Å². The number of nitrogens with one attached hydrogen (secondary N) is 1. The smallest absolute Gasteiger partial charge is 0.338 e. The molecule has 0 fully saturated rings. The molecule has 0 aliphatic heterocycles.